The van der Waals surface area contributed by atoms with Crippen molar-refractivity contribution in [3.05, 3.63) is 35.4 Å². The van der Waals surface area contributed by atoms with Crippen molar-refractivity contribution in [2.75, 3.05) is 0 Å². The molecule has 1 aromatic rings. The third-order valence-corrected chi connectivity index (χ3v) is 4.99. The van der Waals surface area contributed by atoms with Gasteiger partial charge in [-0.15, -0.1) is 0 Å². The van der Waals surface area contributed by atoms with Gasteiger partial charge in [0.15, 0.2) is 0 Å². The monoisotopic (exact) mass is 298 g/mol. The third-order valence-electron chi connectivity index (χ3n) is 4.99. The van der Waals surface area contributed by atoms with E-state index in [9.17, 15) is 18.3 Å². The Bertz CT molecular complexity index is 488. The molecule has 21 heavy (non-hydrogen) atoms. The van der Waals surface area contributed by atoms with Crippen LogP contribution in [-0.4, -0.2) is 10.7 Å². The minimum atomic E-state index is -4.26. The average Bonchev–Trinajstić information content (AvgIpc) is 3.15. The van der Waals surface area contributed by atoms with Crippen molar-refractivity contribution in [2.24, 2.45) is 5.92 Å². The summed E-state index contributed by atoms with van der Waals surface area (Å²) in [5, 5.41) is 10.0. The molecule has 0 bridgehead atoms. The highest BCUT2D eigenvalue weighted by Gasteiger charge is 2.42. The second-order valence-electron chi connectivity index (χ2n) is 6.78. The molecule has 4 heteroatoms. The van der Waals surface area contributed by atoms with Crippen molar-refractivity contribution in [3.63, 3.8) is 0 Å². The minimum absolute atomic E-state index is 0.341. The first-order valence-corrected chi connectivity index (χ1v) is 7.75. The van der Waals surface area contributed by atoms with Crippen molar-refractivity contribution >= 4 is 0 Å². The minimum Gasteiger partial charge on any atom is -0.390 e. The SMILES string of the molecule is OC1(CC2CCCC(c3ccc(C(F)(F)F)cc3)C2)CC1. The Morgan fingerprint density at radius 2 is 1.76 bits per heavy atom. The summed E-state index contributed by atoms with van der Waals surface area (Å²) in [6, 6.07) is 5.63. The zero-order valence-corrected chi connectivity index (χ0v) is 12.0. The van der Waals surface area contributed by atoms with E-state index in [2.05, 4.69) is 0 Å². The quantitative estimate of drug-likeness (QED) is 0.842. The standard InChI is InChI=1S/C17H21F3O/c18-17(19,20)15-6-4-13(5-7-15)14-3-1-2-12(10-14)11-16(21)8-9-16/h4-7,12,14,21H,1-3,8-11H2. The highest BCUT2D eigenvalue weighted by molar-refractivity contribution is 5.27. The molecule has 1 aromatic carbocycles. The lowest BCUT2D eigenvalue weighted by molar-refractivity contribution is -0.137. The van der Waals surface area contributed by atoms with E-state index in [-0.39, 0.29) is 0 Å². The number of hydrogen-bond acceptors (Lipinski definition) is 1. The maximum atomic E-state index is 12.6. The summed E-state index contributed by atoms with van der Waals surface area (Å²) < 4.78 is 37.8. The molecule has 2 unspecified atom stereocenters. The second-order valence-corrected chi connectivity index (χ2v) is 6.78. The fraction of sp³-hybridized carbons (Fsp3) is 0.647. The van der Waals surface area contributed by atoms with Crippen molar-refractivity contribution in [3.8, 4) is 0 Å². The first kappa shape index (κ1) is 14.9. The number of alkyl halides is 3. The van der Waals surface area contributed by atoms with Gasteiger partial charge in [-0.3, -0.25) is 0 Å². The fourth-order valence-electron chi connectivity index (χ4n) is 3.61. The normalized spacial score (nSPS) is 28.4. The van der Waals surface area contributed by atoms with Gasteiger partial charge < -0.3 is 5.11 Å². The first-order valence-electron chi connectivity index (χ1n) is 7.75. The third kappa shape index (κ3) is 3.60. The van der Waals surface area contributed by atoms with Crippen molar-refractivity contribution in [1.29, 1.82) is 0 Å². The van der Waals surface area contributed by atoms with Crippen LogP contribution < -0.4 is 0 Å². The lowest BCUT2D eigenvalue weighted by Crippen LogP contribution is -2.20. The molecule has 1 nitrogen and oxygen atoms in total. The van der Waals surface area contributed by atoms with Gasteiger partial charge in [0.2, 0.25) is 0 Å². The first-order chi connectivity index (χ1) is 9.86. The van der Waals surface area contributed by atoms with Crippen LogP contribution in [0.5, 0.6) is 0 Å². The molecule has 2 atom stereocenters. The van der Waals surface area contributed by atoms with Crippen molar-refractivity contribution in [1.82, 2.24) is 0 Å². The van der Waals surface area contributed by atoms with E-state index >= 15 is 0 Å². The van der Waals surface area contributed by atoms with E-state index in [4.69, 9.17) is 0 Å². The molecule has 1 N–H and O–H groups in total. The van der Waals surface area contributed by atoms with Gasteiger partial charge in [-0.2, -0.15) is 13.2 Å². The van der Waals surface area contributed by atoms with Crippen molar-refractivity contribution in [2.45, 2.75) is 62.6 Å². The van der Waals surface area contributed by atoms with Gasteiger partial charge in [-0.1, -0.05) is 25.0 Å². The smallest absolute Gasteiger partial charge is 0.390 e. The topological polar surface area (TPSA) is 20.2 Å². The van der Waals surface area contributed by atoms with Crippen LogP contribution in [0.3, 0.4) is 0 Å². The van der Waals surface area contributed by atoms with Crippen LogP contribution in [0.15, 0.2) is 24.3 Å². The summed E-state index contributed by atoms with van der Waals surface area (Å²) in [5.74, 6) is 0.854. The molecule has 0 radical (unpaired) electrons. The Balaban J connectivity index is 1.65. The summed E-state index contributed by atoms with van der Waals surface area (Å²) >= 11 is 0. The molecule has 0 amide bonds. The average molecular weight is 298 g/mol. The number of aliphatic hydroxyl groups is 1. The summed E-state index contributed by atoms with van der Waals surface area (Å²) in [5.41, 5.74) is 0.00793. The molecule has 3 rings (SSSR count). The van der Waals surface area contributed by atoms with Gasteiger partial charge >= 0.3 is 6.18 Å². The predicted octanol–water partition coefficient (Wildman–Crippen LogP) is 4.89. The summed E-state index contributed by atoms with van der Waals surface area (Å²) in [7, 11) is 0. The number of benzene rings is 1. The van der Waals surface area contributed by atoms with Gasteiger partial charge in [0, 0.05) is 0 Å². The van der Waals surface area contributed by atoms with Crippen LogP contribution in [0, 0.1) is 5.92 Å². The fourth-order valence-corrected chi connectivity index (χ4v) is 3.61. The zero-order chi connectivity index (χ0) is 15.1. The van der Waals surface area contributed by atoms with Crippen LogP contribution in [0.1, 0.15) is 62.0 Å². The molecule has 0 saturated heterocycles. The van der Waals surface area contributed by atoms with E-state index in [0.717, 1.165) is 50.5 Å². The molecular formula is C17H21F3O. The van der Waals surface area contributed by atoms with Crippen LogP contribution in [0.25, 0.3) is 0 Å². The Morgan fingerprint density at radius 1 is 1.10 bits per heavy atom. The van der Waals surface area contributed by atoms with E-state index < -0.39 is 17.3 Å². The van der Waals surface area contributed by atoms with Gasteiger partial charge in [0.1, 0.15) is 0 Å². The van der Waals surface area contributed by atoms with Gasteiger partial charge in [0.25, 0.3) is 0 Å². The molecule has 0 heterocycles. The maximum Gasteiger partial charge on any atom is 0.416 e. The van der Waals surface area contributed by atoms with Crippen LogP contribution >= 0.6 is 0 Å². The van der Waals surface area contributed by atoms with Gasteiger partial charge in [-0.25, -0.2) is 0 Å². The molecule has 0 aromatic heterocycles. The van der Waals surface area contributed by atoms with Crippen LogP contribution in [-0.2, 0) is 6.18 Å². The second kappa shape index (κ2) is 5.31. The Morgan fingerprint density at radius 3 is 2.33 bits per heavy atom. The molecule has 0 aliphatic heterocycles. The predicted molar refractivity (Wildman–Crippen MR) is 74.9 cm³/mol. The Kier molecular flexibility index (Phi) is 3.76. The van der Waals surface area contributed by atoms with E-state index in [0.29, 0.717) is 11.8 Å². The largest absolute Gasteiger partial charge is 0.416 e. The lowest BCUT2D eigenvalue weighted by atomic mass is 9.75. The van der Waals surface area contributed by atoms with Gasteiger partial charge in [0.05, 0.1) is 11.2 Å². The van der Waals surface area contributed by atoms with E-state index in [1.54, 1.807) is 12.1 Å². The number of rotatable bonds is 3. The van der Waals surface area contributed by atoms with E-state index in [1.807, 2.05) is 0 Å². The van der Waals surface area contributed by atoms with Crippen molar-refractivity contribution < 1.29 is 18.3 Å². The number of halogens is 3. The Hall–Kier alpha value is -1.03. The summed E-state index contributed by atoms with van der Waals surface area (Å²) in [4.78, 5) is 0. The highest BCUT2D eigenvalue weighted by atomic mass is 19.4. The van der Waals surface area contributed by atoms with Crippen LogP contribution in [0.2, 0.25) is 0 Å². The van der Waals surface area contributed by atoms with Crippen LogP contribution in [0.4, 0.5) is 13.2 Å². The lowest BCUT2D eigenvalue weighted by Gasteiger charge is -2.31. The summed E-state index contributed by atoms with van der Waals surface area (Å²) in [6.45, 7) is 0. The highest BCUT2D eigenvalue weighted by Crippen LogP contribution is 2.46. The summed E-state index contributed by atoms with van der Waals surface area (Å²) in [6.07, 6.45) is 2.70. The Labute approximate surface area is 123 Å². The molecule has 0 spiro atoms. The molecule has 2 saturated carbocycles. The number of hydrogen-bond donors (Lipinski definition) is 1. The molecule has 2 fully saturated rings. The molecule has 116 valence electrons. The zero-order valence-electron chi connectivity index (χ0n) is 12.0. The van der Waals surface area contributed by atoms with E-state index in [1.165, 1.54) is 12.1 Å². The van der Waals surface area contributed by atoms with Gasteiger partial charge in [-0.05, 0) is 61.6 Å². The molecular weight excluding hydrogens is 277 g/mol. The molecule has 2 aliphatic rings. The molecule has 2 aliphatic carbocycles. The maximum absolute atomic E-state index is 12.6.